The van der Waals surface area contributed by atoms with E-state index >= 15 is 0 Å². The maximum atomic E-state index is 12.8. The van der Waals surface area contributed by atoms with Gasteiger partial charge in [0.1, 0.15) is 36.8 Å². The average molecular weight is 837 g/mol. The summed E-state index contributed by atoms with van der Waals surface area (Å²) in [7, 11) is -4.60. The molecule has 0 aromatic heterocycles. The van der Waals surface area contributed by atoms with Crippen LogP contribution in [0.4, 0.5) is 0 Å². The molecule has 1 aliphatic heterocycles. The predicted molar refractivity (Wildman–Crippen MR) is 224 cm³/mol. The number of hydrogen-bond acceptors (Lipinski definition) is 11. The molecule has 1 aliphatic rings. The number of carbonyl (C=O) groups excluding carboxylic acids is 2. The van der Waals surface area contributed by atoms with Crippen LogP contribution in [-0.2, 0) is 38.7 Å². The molecule has 6 atom stereocenters. The van der Waals surface area contributed by atoms with Crippen LogP contribution < -0.4 is 0 Å². The fourth-order valence-corrected chi connectivity index (χ4v) is 8.02. The van der Waals surface area contributed by atoms with Gasteiger partial charge in [-0.2, -0.15) is 8.42 Å². The summed E-state index contributed by atoms with van der Waals surface area (Å²) in [4.78, 5) is 25.4. The number of rotatable bonds is 39. The summed E-state index contributed by atoms with van der Waals surface area (Å²) in [6, 6.07) is 0. The second-order valence-electron chi connectivity index (χ2n) is 16.4. The van der Waals surface area contributed by atoms with Crippen LogP contribution in [0.5, 0.6) is 0 Å². The summed E-state index contributed by atoms with van der Waals surface area (Å²) in [6.45, 7) is 3.78. The lowest BCUT2D eigenvalue weighted by molar-refractivity contribution is -0.297. The lowest BCUT2D eigenvalue weighted by atomic mass is 10.00. The largest absolute Gasteiger partial charge is 0.462 e. The van der Waals surface area contributed by atoms with Gasteiger partial charge in [0.15, 0.2) is 12.4 Å². The Morgan fingerprint density at radius 1 is 0.526 bits per heavy atom. The molecule has 2 unspecified atom stereocenters. The van der Waals surface area contributed by atoms with E-state index in [4.69, 9.17) is 18.9 Å². The van der Waals surface area contributed by atoms with Gasteiger partial charge in [-0.05, 0) is 12.8 Å². The SMILES string of the molecule is CCCCCCCCCCCCCCCCCC(=O)O[C@H](COC(=O)CCCCCCCCCCCCCCCC)CO[C@H]1O[C@H](CS(=O)(=O)O)[C@@H](O)C(O)C1O. The Hall–Kier alpha value is -1.35. The molecular formula is C44H84O12S. The first-order valence-electron chi connectivity index (χ1n) is 23.1. The molecule has 338 valence electrons. The highest BCUT2D eigenvalue weighted by molar-refractivity contribution is 7.85. The van der Waals surface area contributed by atoms with Crippen molar-refractivity contribution < 1.29 is 56.8 Å². The van der Waals surface area contributed by atoms with Gasteiger partial charge in [0.2, 0.25) is 0 Å². The summed E-state index contributed by atoms with van der Waals surface area (Å²) in [5, 5.41) is 30.9. The smallest absolute Gasteiger partial charge is 0.306 e. The van der Waals surface area contributed by atoms with Crippen LogP contribution in [0.1, 0.15) is 213 Å². The van der Waals surface area contributed by atoms with Gasteiger partial charge in [-0.25, -0.2) is 0 Å². The second kappa shape index (κ2) is 35.4. The van der Waals surface area contributed by atoms with E-state index < -0.39 is 71.2 Å². The molecule has 0 amide bonds. The monoisotopic (exact) mass is 837 g/mol. The summed E-state index contributed by atoms with van der Waals surface area (Å²) in [6.07, 6.45) is 25.7. The van der Waals surface area contributed by atoms with Crippen molar-refractivity contribution in [3.8, 4) is 0 Å². The first-order valence-corrected chi connectivity index (χ1v) is 24.7. The Bertz CT molecular complexity index is 1070. The normalized spacial score (nSPS) is 20.4. The van der Waals surface area contributed by atoms with Gasteiger partial charge in [0.25, 0.3) is 10.1 Å². The zero-order chi connectivity index (χ0) is 42.0. The van der Waals surface area contributed by atoms with E-state index in [-0.39, 0.29) is 19.4 Å². The van der Waals surface area contributed by atoms with E-state index in [0.717, 1.165) is 38.5 Å². The average Bonchev–Trinajstić information content (AvgIpc) is 3.17. The van der Waals surface area contributed by atoms with Crippen LogP contribution >= 0.6 is 0 Å². The zero-order valence-electron chi connectivity index (χ0n) is 36.0. The van der Waals surface area contributed by atoms with E-state index in [2.05, 4.69) is 13.8 Å². The van der Waals surface area contributed by atoms with Crippen molar-refractivity contribution in [3.05, 3.63) is 0 Å². The van der Waals surface area contributed by atoms with E-state index in [0.29, 0.717) is 12.8 Å². The molecule has 12 nitrogen and oxygen atoms in total. The van der Waals surface area contributed by atoms with E-state index in [9.17, 15) is 37.9 Å². The third-order valence-electron chi connectivity index (χ3n) is 10.9. The number of unbranched alkanes of at least 4 members (excludes halogenated alkanes) is 27. The molecule has 4 N–H and O–H groups in total. The number of carbonyl (C=O) groups is 2. The van der Waals surface area contributed by atoms with Crippen LogP contribution in [0.25, 0.3) is 0 Å². The molecule has 1 rings (SSSR count). The van der Waals surface area contributed by atoms with Crippen molar-refractivity contribution in [1.29, 1.82) is 0 Å². The third-order valence-corrected chi connectivity index (χ3v) is 11.7. The molecule has 0 saturated carbocycles. The fraction of sp³-hybridized carbons (Fsp3) is 0.955. The molecule has 1 saturated heterocycles. The first-order chi connectivity index (χ1) is 27.5. The number of esters is 2. The lowest BCUT2D eigenvalue weighted by Crippen LogP contribution is -2.60. The number of aliphatic hydroxyl groups is 3. The topological polar surface area (TPSA) is 186 Å². The van der Waals surface area contributed by atoms with E-state index in [1.165, 1.54) is 135 Å². The third kappa shape index (κ3) is 30.4. The van der Waals surface area contributed by atoms with Gasteiger partial charge in [-0.15, -0.1) is 0 Å². The highest BCUT2D eigenvalue weighted by Crippen LogP contribution is 2.24. The Morgan fingerprint density at radius 3 is 1.28 bits per heavy atom. The van der Waals surface area contributed by atoms with Crippen molar-refractivity contribution in [2.45, 2.75) is 250 Å². The van der Waals surface area contributed by atoms with Gasteiger partial charge in [-0.3, -0.25) is 14.1 Å². The molecule has 57 heavy (non-hydrogen) atoms. The van der Waals surface area contributed by atoms with Crippen molar-refractivity contribution in [3.63, 3.8) is 0 Å². The summed E-state index contributed by atoms with van der Waals surface area (Å²) < 4.78 is 54.1. The van der Waals surface area contributed by atoms with E-state index in [1.807, 2.05) is 0 Å². The minimum atomic E-state index is -4.60. The fourth-order valence-electron chi connectivity index (χ4n) is 7.33. The molecule has 0 spiro atoms. The zero-order valence-corrected chi connectivity index (χ0v) is 36.8. The van der Waals surface area contributed by atoms with Crippen molar-refractivity contribution in [2.75, 3.05) is 19.0 Å². The second-order valence-corrected chi connectivity index (χ2v) is 17.9. The van der Waals surface area contributed by atoms with E-state index in [1.54, 1.807) is 0 Å². The molecule has 0 bridgehead atoms. The molecule has 0 radical (unpaired) electrons. The minimum absolute atomic E-state index is 0.172. The van der Waals surface area contributed by atoms with Gasteiger partial charge < -0.3 is 34.3 Å². The Balaban J connectivity index is 2.42. The van der Waals surface area contributed by atoms with Crippen LogP contribution in [0.15, 0.2) is 0 Å². The Kier molecular flexibility index (Phi) is 33.3. The summed E-state index contributed by atoms with van der Waals surface area (Å²) in [5.74, 6) is -1.96. The molecule has 0 aromatic carbocycles. The summed E-state index contributed by atoms with van der Waals surface area (Å²) >= 11 is 0. The standard InChI is InChI=1S/C44H84O12S/c1-3-5-7-9-11-13-15-17-19-21-23-25-27-29-31-33-40(46)55-37(35-54-44-43(49)42(48)41(47)38(56-44)36-57(50,51)52)34-53-39(45)32-30-28-26-24-22-20-18-16-14-12-10-8-6-4-2/h37-38,41-44,47-49H,3-36H2,1-2H3,(H,50,51,52)/t37-,38-,41-,42?,43?,44+/m1/s1. The predicted octanol–water partition coefficient (Wildman–Crippen LogP) is 9.29. The van der Waals surface area contributed by atoms with Crippen molar-refractivity contribution in [1.82, 2.24) is 0 Å². The highest BCUT2D eigenvalue weighted by Gasteiger charge is 2.46. The highest BCUT2D eigenvalue weighted by atomic mass is 32.2. The number of ether oxygens (including phenoxy) is 4. The minimum Gasteiger partial charge on any atom is -0.462 e. The van der Waals surface area contributed by atoms with Crippen LogP contribution in [0.3, 0.4) is 0 Å². The molecule has 13 heteroatoms. The molecule has 0 aliphatic carbocycles. The lowest BCUT2D eigenvalue weighted by Gasteiger charge is -2.40. The van der Waals surface area contributed by atoms with Crippen LogP contribution in [0, 0.1) is 0 Å². The molecular weight excluding hydrogens is 753 g/mol. The maximum absolute atomic E-state index is 12.8. The van der Waals surface area contributed by atoms with Gasteiger partial charge in [0, 0.05) is 12.8 Å². The van der Waals surface area contributed by atoms with Gasteiger partial charge in [0.05, 0.1) is 6.61 Å². The maximum Gasteiger partial charge on any atom is 0.306 e. The molecule has 0 aromatic rings. The summed E-state index contributed by atoms with van der Waals surface area (Å²) in [5.41, 5.74) is 0. The van der Waals surface area contributed by atoms with Crippen molar-refractivity contribution >= 4 is 22.1 Å². The quantitative estimate of drug-likeness (QED) is 0.0262. The van der Waals surface area contributed by atoms with Crippen molar-refractivity contribution in [2.24, 2.45) is 0 Å². The Labute approximate surface area is 346 Å². The van der Waals surface area contributed by atoms with Crippen LogP contribution in [0.2, 0.25) is 0 Å². The number of aliphatic hydroxyl groups excluding tert-OH is 3. The molecule has 1 heterocycles. The molecule has 1 fully saturated rings. The first kappa shape index (κ1) is 53.7. The van der Waals surface area contributed by atoms with Gasteiger partial charge in [-0.1, -0.05) is 187 Å². The van der Waals surface area contributed by atoms with Gasteiger partial charge >= 0.3 is 11.9 Å². The number of hydrogen-bond donors (Lipinski definition) is 4. The Morgan fingerprint density at radius 2 is 0.895 bits per heavy atom. The van der Waals surface area contributed by atoms with Crippen LogP contribution in [-0.4, -0.2) is 96.0 Å².